The van der Waals surface area contributed by atoms with Crippen molar-refractivity contribution in [2.45, 2.75) is 13.5 Å². The quantitative estimate of drug-likeness (QED) is 0.590. The fourth-order valence-corrected chi connectivity index (χ4v) is 2.94. The third kappa shape index (κ3) is 3.60. The highest BCUT2D eigenvalue weighted by Crippen LogP contribution is 2.35. The molecule has 0 radical (unpaired) electrons. The number of rotatable bonds is 4. The fraction of sp³-hybridized carbons (Fsp3) is 0.0870. The molecule has 0 saturated carbocycles. The predicted octanol–water partition coefficient (Wildman–Crippen LogP) is 5.33. The molecule has 0 saturated heterocycles. The number of fused-ring (bicyclic) bond motifs is 1. The topological polar surface area (TPSA) is 35.5 Å². The second-order valence-corrected chi connectivity index (χ2v) is 6.39. The van der Waals surface area contributed by atoms with E-state index in [1.165, 1.54) is 6.07 Å². The van der Waals surface area contributed by atoms with Crippen LogP contribution in [0.15, 0.2) is 72.5 Å². The van der Waals surface area contributed by atoms with E-state index in [-0.39, 0.29) is 24.0 Å². The molecule has 4 rings (SSSR count). The van der Waals surface area contributed by atoms with Crippen molar-refractivity contribution >= 4 is 11.9 Å². The van der Waals surface area contributed by atoms with Crippen molar-refractivity contribution in [2.75, 3.05) is 0 Å². The Morgan fingerprint density at radius 3 is 2.70 bits per heavy atom. The van der Waals surface area contributed by atoms with Gasteiger partial charge in [-0.05, 0) is 36.8 Å². The first-order valence-electron chi connectivity index (χ1n) is 8.61. The summed E-state index contributed by atoms with van der Waals surface area (Å²) >= 11 is 0. The smallest absolute Gasteiger partial charge is 0.231 e. The molecule has 0 atom stereocenters. The van der Waals surface area contributed by atoms with Gasteiger partial charge in [-0.2, -0.15) is 0 Å². The van der Waals surface area contributed by atoms with Crippen molar-refractivity contribution in [1.82, 2.24) is 0 Å². The number of carbonyl (C=O) groups excluding carboxylic acids is 1. The van der Waals surface area contributed by atoms with Crippen LogP contribution in [0.3, 0.4) is 0 Å². The van der Waals surface area contributed by atoms with E-state index in [2.05, 4.69) is 0 Å². The third-order valence-corrected chi connectivity index (χ3v) is 4.33. The Labute approximate surface area is 156 Å². The van der Waals surface area contributed by atoms with Gasteiger partial charge in [0.15, 0.2) is 5.76 Å². The highest BCUT2D eigenvalue weighted by molar-refractivity contribution is 6.14. The summed E-state index contributed by atoms with van der Waals surface area (Å²) in [7, 11) is 0. The number of ether oxygens (including phenoxy) is 2. The summed E-state index contributed by atoms with van der Waals surface area (Å²) < 4.78 is 25.1. The predicted molar refractivity (Wildman–Crippen MR) is 101 cm³/mol. The maximum Gasteiger partial charge on any atom is 0.231 e. The van der Waals surface area contributed by atoms with Gasteiger partial charge in [0.2, 0.25) is 5.78 Å². The molecule has 3 aromatic carbocycles. The molecule has 1 aliphatic rings. The summed E-state index contributed by atoms with van der Waals surface area (Å²) in [5.74, 6) is 0.772. The van der Waals surface area contributed by atoms with Crippen molar-refractivity contribution < 1.29 is 18.7 Å². The summed E-state index contributed by atoms with van der Waals surface area (Å²) in [5.41, 5.74) is 2.97. The van der Waals surface area contributed by atoms with Crippen molar-refractivity contribution in [3.63, 3.8) is 0 Å². The zero-order valence-corrected chi connectivity index (χ0v) is 14.7. The van der Waals surface area contributed by atoms with Gasteiger partial charge in [-0.3, -0.25) is 4.79 Å². The van der Waals surface area contributed by atoms with Crippen LogP contribution in [0, 0.1) is 12.7 Å². The van der Waals surface area contributed by atoms with Crippen LogP contribution < -0.4 is 9.47 Å². The third-order valence-electron chi connectivity index (χ3n) is 4.33. The molecular formula is C23H17FO3. The lowest BCUT2D eigenvalue weighted by atomic mass is 10.1. The van der Waals surface area contributed by atoms with E-state index >= 15 is 0 Å². The number of benzene rings is 3. The zero-order chi connectivity index (χ0) is 18.8. The first kappa shape index (κ1) is 17.0. The van der Waals surface area contributed by atoms with Crippen LogP contribution in [0.4, 0.5) is 4.39 Å². The van der Waals surface area contributed by atoms with Crippen molar-refractivity contribution in [3.8, 4) is 11.5 Å². The number of ketones is 1. The molecule has 0 fully saturated rings. The van der Waals surface area contributed by atoms with Crippen molar-refractivity contribution in [3.05, 3.63) is 101 Å². The summed E-state index contributed by atoms with van der Waals surface area (Å²) in [6, 6.07) is 19.3. The molecule has 0 bridgehead atoms. The number of aryl methyl sites for hydroxylation is 1. The lowest BCUT2D eigenvalue weighted by Gasteiger charge is -2.08. The van der Waals surface area contributed by atoms with Crippen molar-refractivity contribution in [1.29, 1.82) is 0 Å². The van der Waals surface area contributed by atoms with Gasteiger partial charge in [0, 0.05) is 11.6 Å². The largest absolute Gasteiger partial charge is 0.489 e. The summed E-state index contributed by atoms with van der Waals surface area (Å²) in [6.45, 7) is 2.10. The van der Waals surface area contributed by atoms with E-state index in [1.807, 2.05) is 31.2 Å². The lowest BCUT2D eigenvalue weighted by Crippen LogP contribution is -1.98. The van der Waals surface area contributed by atoms with E-state index < -0.39 is 0 Å². The number of hydrogen-bond acceptors (Lipinski definition) is 3. The molecule has 3 aromatic rings. The number of carbonyl (C=O) groups is 1. The Morgan fingerprint density at radius 2 is 1.89 bits per heavy atom. The van der Waals surface area contributed by atoms with E-state index in [0.717, 1.165) is 11.1 Å². The minimum Gasteiger partial charge on any atom is -0.489 e. The van der Waals surface area contributed by atoms with E-state index in [1.54, 1.807) is 42.5 Å². The molecule has 0 N–H and O–H groups in total. The Balaban J connectivity index is 1.53. The first-order valence-corrected chi connectivity index (χ1v) is 8.61. The highest BCUT2D eigenvalue weighted by Gasteiger charge is 2.27. The number of halogens is 1. The van der Waals surface area contributed by atoms with Crippen LogP contribution in [0.2, 0.25) is 0 Å². The van der Waals surface area contributed by atoms with Gasteiger partial charge in [-0.15, -0.1) is 0 Å². The molecule has 0 aliphatic carbocycles. The maximum atomic E-state index is 13.7. The van der Waals surface area contributed by atoms with Gasteiger partial charge in [-0.1, -0.05) is 48.0 Å². The van der Waals surface area contributed by atoms with Gasteiger partial charge in [-0.25, -0.2) is 4.39 Å². The minimum atomic E-state index is -0.312. The summed E-state index contributed by atoms with van der Waals surface area (Å²) in [5, 5.41) is 0. The SMILES string of the molecule is Cc1cccc(/C=C2\Oc3cc(OCc4ccccc4F)ccc3C2=O)c1. The standard InChI is InChI=1S/C23H17FO3/c1-15-5-4-6-16(11-15)12-22-23(25)19-10-9-18(13-21(19)27-22)26-14-17-7-2-3-8-20(17)24/h2-13H,14H2,1H3/b22-12-. The van der Waals surface area contributed by atoms with Crippen LogP contribution in [-0.2, 0) is 6.61 Å². The molecule has 0 spiro atoms. The van der Waals surface area contributed by atoms with E-state index in [0.29, 0.717) is 22.6 Å². The van der Waals surface area contributed by atoms with Gasteiger partial charge in [0.05, 0.1) is 5.56 Å². The normalized spacial score (nSPS) is 14.1. The van der Waals surface area contributed by atoms with Crippen molar-refractivity contribution in [2.24, 2.45) is 0 Å². The Morgan fingerprint density at radius 1 is 1.04 bits per heavy atom. The van der Waals surface area contributed by atoms with Gasteiger partial charge >= 0.3 is 0 Å². The molecule has 1 aliphatic heterocycles. The maximum absolute atomic E-state index is 13.7. The second-order valence-electron chi connectivity index (χ2n) is 6.39. The van der Waals surface area contributed by atoms with Crippen LogP contribution >= 0.6 is 0 Å². The summed E-state index contributed by atoms with van der Waals surface area (Å²) in [4.78, 5) is 12.5. The van der Waals surface area contributed by atoms with Crippen LogP contribution in [-0.4, -0.2) is 5.78 Å². The number of allylic oxidation sites excluding steroid dienone is 1. The van der Waals surface area contributed by atoms with Gasteiger partial charge in [0.1, 0.15) is 23.9 Å². The molecule has 4 heteroatoms. The van der Waals surface area contributed by atoms with Gasteiger partial charge < -0.3 is 9.47 Å². The minimum absolute atomic E-state index is 0.103. The average molecular weight is 360 g/mol. The fourth-order valence-electron chi connectivity index (χ4n) is 2.94. The zero-order valence-electron chi connectivity index (χ0n) is 14.7. The van der Waals surface area contributed by atoms with Crippen LogP contribution in [0.25, 0.3) is 6.08 Å². The highest BCUT2D eigenvalue weighted by atomic mass is 19.1. The summed E-state index contributed by atoms with van der Waals surface area (Å²) in [6.07, 6.45) is 1.73. The second kappa shape index (κ2) is 7.08. The Kier molecular flexibility index (Phi) is 4.47. The molecule has 3 nitrogen and oxygen atoms in total. The first-order chi connectivity index (χ1) is 13.1. The lowest BCUT2D eigenvalue weighted by molar-refractivity contribution is 0.101. The average Bonchev–Trinajstić information content (AvgIpc) is 2.96. The molecule has 0 unspecified atom stereocenters. The molecule has 0 amide bonds. The molecular weight excluding hydrogens is 343 g/mol. The van der Waals surface area contributed by atoms with Crippen LogP contribution in [0.5, 0.6) is 11.5 Å². The Hall–Kier alpha value is -3.40. The monoisotopic (exact) mass is 360 g/mol. The molecule has 0 aromatic heterocycles. The molecule has 1 heterocycles. The molecule has 27 heavy (non-hydrogen) atoms. The Bertz CT molecular complexity index is 1050. The van der Waals surface area contributed by atoms with E-state index in [4.69, 9.17) is 9.47 Å². The number of hydrogen-bond donors (Lipinski definition) is 0. The van der Waals surface area contributed by atoms with Crippen LogP contribution in [0.1, 0.15) is 27.0 Å². The van der Waals surface area contributed by atoms with E-state index in [9.17, 15) is 9.18 Å². The van der Waals surface area contributed by atoms with Gasteiger partial charge in [0.25, 0.3) is 0 Å². The molecule has 134 valence electrons. The number of Topliss-reactive ketones (excluding diaryl/α,β-unsaturated/α-hetero) is 1.